The zero-order valence-corrected chi connectivity index (χ0v) is 12.4. The van der Waals surface area contributed by atoms with E-state index in [0.717, 1.165) is 0 Å². The maximum absolute atomic E-state index is 12.2. The second kappa shape index (κ2) is 7.72. The molecule has 0 aliphatic heterocycles. The van der Waals surface area contributed by atoms with Gasteiger partial charge >= 0.3 is 0 Å². The second-order valence-corrected chi connectivity index (χ2v) is 4.17. The Morgan fingerprint density at radius 3 is 2.25 bits per heavy atom. The van der Waals surface area contributed by atoms with E-state index in [9.17, 15) is 4.79 Å². The van der Waals surface area contributed by atoms with Crippen LogP contribution in [0.3, 0.4) is 0 Å². The van der Waals surface area contributed by atoms with Gasteiger partial charge in [0.1, 0.15) is 11.5 Å². The molecule has 0 heterocycles. The highest BCUT2D eigenvalue weighted by atomic mass is 16.7. The average Bonchev–Trinajstić information content (AvgIpc) is 2.47. The standard InChI is InChI=1S/C14H21NO5/c1-9(14(19-4)20-5)15-13(16)11-7-6-10(17-2)8-12(11)18-3/h6-9,14H,1-5H3,(H,15,16). The maximum Gasteiger partial charge on any atom is 0.255 e. The van der Waals surface area contributed by atoms with Gasteiger partial charge in [-0.25, -0.2) is 0 Å². The molecule has 6 nitrogen and oxygen atoms in total. The van der Waals surface area contributed by atoms with E-state index in [1.54, 1.807) is 32.2 Å². The molecule has 0 fully saturated rings. The summed E-state index contributed by atoms with van der Waals surface area (Å²) in [4.78, 5) is 12.2. The number of methoxy groups -OCH3 is 4. The number of benzene rings is 1. The Bertz CT molecular complexity index is 445. The van der Waals surface area contributed by atoms with Crippen molar-refractivity contribution in [2.75, 3.05) is 28.4 Å². The number of nitrogens with one attached hydrogen (secondary N) is 1. The molecule has 1 aromatic carbocycles. The van der Waals surface area contributed by atoms with Gasteiger partial charge < -0.3 is 24.3 Å². The van der Waals surface area contributed by atoms with Crippen molar-refractivity contribution in [2.45, 2.75) is 19.3 Å². The van der Waals surface area contributed by atoms with Crippen molar-refractivity contribution in [3.63, 3.8) is 0 Å². The summed E-state index contributed by atoms with van der Waals surface area (Å²) >= 11 is 0. The Morgan fingerprint density at radius 1 is 1.10 bits per heavy atom. The Balaban J connectivity index is 2.86. The first-order valence-electron chi connectivity index (χ1n) is 6.15. The van der Waals surface area contributed by atoms with Gasteiger partial charge in [-0.15, -0.1) is 0 Å². The summed E-state index contributed by atoms with van der Waals surface area (Å²) in [6.07, 6.45) is -0.511. The number of rotatable bonds is 7. The minimum Gasteiger partial charge on any atom is -0.497 e. The molecule has 20 heavy (non-hydrogen) atoms. The lowest BCUT2D eigenvalue weighted by Crippen LogP contribution is -2.43. The van der Waals surface area contributed by atoms with Crippen LogP contribution >= 0.6 is 0 Å². The Morgan fingerprint density at radius 2 is 1.75 bits per heavy atom. The highest BCUT2D eigenvalue weighted by molar-refractivity contribution is 5.97. The lowest BCUT2D eigenvalue weighted by molar-refractivity contribution is -0.117. The summed E-state index contributed by atoms with van der Waals surface area (Å²) in [7, 11) is 6.09. The fourth-order valence-electron chi connectivity index (χ4n) is 1.84. The van der Waals surface area contributed by atoms with Gasteiger partial charge in [0.25, 0.3) is 5.91 Å². The molecule has 1 rings (SSSR count). The normalized spacial score (nSPS) is 12.1. The van der Waals surface area contributed by atoms with Crippen molar-refractivity contribution in [1.82, 2.24) is 5.32 Å². The molecule has 0 saturated carbocycles. The van der Waals surface area contributed by atoms with Crippen molar-refractivity contribution >= 4 is 5.91 Å². The van der Waals surface area contributed by atoms with Gasteiger partial charge in [-0.3, -0.25) is 4.79 Å². The van der Waals surface area contributed by atoms with Crippen molar-refractivity contribution in [3.05, 3.63) is 23.8 Å². The zero-order chi connectivity index (χ0) is 15.1. The zero-order valence-electron chi connectivity index (χ0n) is 12.4. The monoisotopic (exact) mass is 283 g/mol. The summed E-state index contributed by atoms with van der Waals surface area (Å²) in [6.45, 7) is 1.80. The van der Waals surface area contributed by atoms with Crippen molar-refractivity contribution < 1.29 is 23.7 Å². The average molecular weight is 283 g/mol. The number of ether oxygens (including phenoxy) is 4. The first-order chi connectivity index (χ1) is 9.57. The Hall–Kier alpha value is -1.79. The van der Waals surface area contributed by atoms with Crippen LogP contribution in [0.1, 0.15) is 17.3 Å². The van der Waals surface area contributed by atoms with Crippen molar-refractivity contribution in [1.29, 1.82) is 0 Å². The number of carbonyl (C=O) groups excluding carboxylic acids is 1. The van der Waals surface area contributed by atoms with E-state index < -0.39 is 6.29 Å². The van der Waals surface area contributed by atoms with Gasteiger partial charge in [-0.1, -0.05) is 0 Å². The summed E-state index contributed by atoms with van der Waals surface area (Å²) in [5.74, 6) is 0.801. The van der Waals surface area contributed by atoms with Crippen LogP contribution in [-0.4, -0.2) is 46.7 Å². The summed E-state index contributed by atoms with van der Waals surface area (Å²) in [6, 6.07) is 4.70. The Kier molecular flexibility index (Phi) is 6.27. The molecule has 1 N–H and O–H groups in total. The minimum atomic E-state index is -0.511. The van der Waals surface area contributed by atoms with E-state index in [-0.39, 0.29) is 11.9 Å². The quantitative estimate of drug-likeness (QED) is 0.767. The van der Waals surface area contributed by atoms with Crippen LogP contribution in [0.2, 0.25) is 0 Å². The predicted octanol–water partition coefficient (Wildman–Crippen LogP) is 1.44. The lowest BCUT2D eigenvalue weighted by atomic mass is 10.1. The minimum absolute atomic E-state index is 0.267. The number of amides is 1. The van der Waals surface area contributed by atoms with Gasteiger partial charge in [-0.05, 0) is 19.1 Å². The first-order valence-corrected chi connectivity index (χ1v) is 6.15. The topological polar surface area (TPSA) is 66.0 Å². The number of hydrogen-bond donors (Lipinski definition) is 1. The van der Waals surface area contributed by atoms with Gasteiger partial charge in [0.15, 0.2) is 6.29 Å². The second-order valence-electron chi connectivity index (χ2n) is 4.17. The summed E-state index contributed by atoms with van der Waals surface area (Å²) in [5.41, 5.74) is 0.422. The molecular weight excluding hydrogens is 262 g/mol. The van der Waals surface area contributed by atoms with E-state index in [0.29, 0.717) is 17.1 Å². The first kappa shape index (κ1) is 16.3. The van der Waals surface area contributed by atoms with Crippen LogP contribution in [0, 0.1) is 0 Å². The molecule has 0 aliphatic rings. The van der Waals surface area contributed by atoms with E-state index in [4.69, 9.17) is 18.9 Å². The fourth-order valence-corrected chi connectivity index (χ4v) is 1.84. The van der Waals surface area contributed by atoms with Crippen LogP contribution < -0.4 is 14.8 Å². The van der Waals surface area contributed by atoms with Crippen LogP contribution in [0.4, 0.5) is 0 Å². The Labute approximate surface area is 119 Å². The molecule has 0 radical (unpaired) electrons. The number of hydrogen-bond acceptors (Lipinski definition) is 5. The molecule has 1 atom stereocenters. The van der Waals surface area contributed by atoms with Crippen LogP contribution in [0.5, 0.6) is 11.5 Å². The van der Waals surface area contributed by atoms with E-state index in [2.05, 4.69) is 5.32 Å². The van der Waals surface area contributed by atoms with Crippen molar-refractivity contribution in [3.8, 4) is 11.5 Å². The maximum atomic E-state index is 12.2. The third kappa shape index (κ3) is 3.85. The molecule has 1 aromatic rings. The molecule has 6 heteroatoms. The van der Waals surface area contributed by atoms with E-state index in [1.807, 2.05) is 0 Å². The van der Waals surface area contributed by atoms with Crippen LogP contribution in [0.25, 0.3) is 0 Å². The molecule has 1 amide bonds. The molecule has 1 unspecified atom stereocenters. The van der Waals surface area contributed by atoms with Gasteiger partial charge in [-0.2, -0.15) is 0 Å². The van der Waals surface area contributed by atoms with Crippen molar-refractivity contribution in [2.24, 2.45) is 0 Å². The fraction of sp³-hybridized carbons (Fsp3) is 0.500. The smallest absolute Gasteiger partial charge is 0.255 e. The molecule has 112 valence electrons. The van der Waals surface area contributed by atoms with E-state index in [1.165, 1.54) is 21.3 Å². The SMILES string of the molecule is COc1ccc(C(=O)NC(C)C(OC)OC)c(OC)c1. The van der Waals surface area contributed by atoms with Gasteiger partial charge in [0.05, 0.1) is 25.8 Å². The molecule has 0 aromatic heterocycles. The van der Waals surface area contributed by atoms with Gasteiger partial charge in [0, 0.05) is 20.3 Å². The molecule has 0 bridgehead atoms. The van der Waals surface area contributed by atoms with Crippen LogP contribution in [-0.2, 0) is 9.47 Å². The highest BCUT2D eigenvalue weighted by Crippen LogP contribution is 2.24. The third-order valence-electron chi connectivity index (χ3n) is 2.88. The van der Waals surface area contributed by atoms with E-state index >= 15 is 0 Å². The molecule has 0 spiro atoms. The molecule has 0 saturated heterocycles. The summed E-state index contributed by atoms with van der Waals surface area (Å²) < 4.78 is 20.5. The molecule has 0 aliphatic carbocycles. The summed E-state index contributed by atoms with van der Waals surface area (Å²) in [5, 5.41) is 2.80. The largest absolute Gasteiger partial charge is 0.497 e. The number of carbonyl (C=O) groups is 1. The molecular formula is C14H21NO5. The third-order valence-corrected chi connectivity index (χ3v) is 2.88. The van der Waals surface area contributed by atoms with Crippen LogP contribution in [0.15, 0.2) is 18.2 Å². The predicted molar refractivity (Wildman–Crippen MR) is 74.3 cm³/mol. The van der Waals surface area contributed by atoms with Gasteiger partial charge in [0.2, 0.25) is 0 Å². The lowest BCUT2D eigenvalue weighted by Gasteiger charge is -2.22. The highest BCUT2D eigenvalue weighted by Gasteiger charge is 2.21.